The second-order valence-corrected chi connectivity index (χ2v) is 9.70. The van der Waals surface area contributed by atoms with Crippen molar-refractivity contribution < 1.29 is 13.2 Å². The van der Waals surface area contributed by atoms with E-state index in [1.165, 1.54) is 17.4 Å². The molecular weight excluding hydrogens is 402 g/mol. The molecule has 0 aliphatic carbocycles. The first-order valence-electron chi connectivity index (χ1n) is 8.43. The molecule has 4 nitrogen and oxygen atoms in total. The maximum atomic E-state index is 13.1. The van der Waals surface area contributed by atoms with Crippen LogP contribution in [-0.4, -0.2) is 20.9 Å². The van der Waals surface area contributed by atoms with Gasteiger partial charge < -0.3 is 4.90 Å². The van der Waals surface area contributed by atoms with E-state index in [9.17, 15) is 13.2 Å². The van der Waals surface area contributed by atoms with E-state index in [2.05, 4.69) is 0 Å². The number of hydrogen-bond donors (Lipinski definition) is 0. The topological polar surface area (TPSA) is 54.5 Å². The van der Waals surface area contributed by atoms with Gasteiger partial charge in [0.25, 0.3) is 5.91 Å². The SMILES string of the molecule is CCN(C(=O)c1cc2c(s1)-c1ccc(Cl)cc1S(=O)(=O)C2)c1ccccc1. The number of rotatable bonds is 3. The summed E-state index contributed by atoms with van der Waals surface area (Å²) < 4.78 is 25.3. The van der Waals surface area contributed by atoms with Crippen molar-refractivity contribution in [3.05, 3.63) is 70.1 Å². The standard InChI is InChI=1S/C20H16ClNO3S2/c1-2-22(15-6-4-3-5-7-15)20(23)17-10-13-12-27(24,25)18-11-14(21)8-9-16(18)19(13)26-17/h3-11H,2,12H2,1H3. The molecule has 138 valence electrons. The molecule has 0 N–H and O–H groups in total. The predicted octanol–water partition coefficient (Wildman–Crippen LogP) is 5.02. The Kier molecular flexibility index (Phi) is 4.58. The van der Waals surface area contributed by atoms with E-state index in [4.69, 9.17) is 11.6 Å². The van der Waals surface area contributed by atoms with Crippen molar-refractivity contribution in [2.24, 2.45) is 0 Å². The zero-order valence-electron chi connectivity index (χ0n) is 14.5. The molecular formula is C20H16ClNO3S2. The van der Waals surface area contributed by atoms with E-state index < -0.39 is 9.84 Å². The third kappa shape index (κ3) is 3.18. The number of thiophene rings is 1. The molecule has 0 spiro atoms. The quantitative estimate of drug-likeness (QED) is 0.601. The Morgan fingerprint density at radius 1 is 1.15 bits per heavy atom. The molecule has 4 rings (SSSR count). The predicted molar refractivity (Wildman–Crippen MR) is 109 cm³/mol. The summed E-state index contributed by atoms with van der Waals surface area (Å²) in [5, 5.41) is 0.384. The third-order valence-corrected chi connectivity index (χ3v) is 7.65. The van der Waals surface area contributed by atoms with Crippen LogP contribution in [0.5, 0.6) is 0 Å². The molecule has 0 unspecified atom stereocenters. The molecule has 7 heteroatoms. The maximum Gasteiger partial charge on any atom is 0.268 e. The van der Waals surface area contributed by atoms with E-state index in [0.717, 1.165) is 10.6 Å². The fourth-order valence-corrected chi connectivity index (χ4v) is 6.44. The van der Waals surface area contributed by atoms with Crippen LogP contribution in [0.4, 0.5) is 5.69 Å². The van der Waals surface area contributed by atoms with E-state index in [0.29, 0.717) is 27.6 Å². The molecule has 2 aromatic carbocycles. The van der Waals surface area contributed by atoms with Gasteiger partial charge >= 0.3 is 0 Å². The van der Waals surface area contributed by atoms with E-state index in [1.807, 2.05) is 37.3 Å². The Hall–Kier alpha value is -2.15. The average molecular weight is 418 g/mol. The number of para-hydroxylation sites is 1. The van der Waals surface area contributed by atoms with Crippen molar-refractivity contribution in [3.63, 3.8) is 0 Å². The van der Waals surface area contributed by atoms with Gasteiger partial charge in [0.2, 0.25) is 0 Å². The summed E-state index contributed by atoms with van der Waals surface area (Å²) in [6, 6.07) is 16.0. The molecule has 0 radical (unpaired) electrons. The van der Waals surface area contributed by atoms with Crippen LogP contribution in [0.3, 0.4) is 0 Å². The summed E-state index contributed by atoms with van der Waals surface area (Å²) in [5.41, 5.74) is 2.10. The normalized spacial score (nSPS) is 14.3. The van der Waals surface area contributed by atoms with Gasteiger partial charge in [-0.25, -0.2) is 8.42 Å². The Morgan fingerprint density at radius 2 is 1.89 bits per heavy atom. The number of fused-ring (bicyclic) bond motifs is 3. The molecule has 1 aliphatic rings. The van der Waals surface area contributed by atoms with Crippen LogP contribution in [0.15, 0.2) is 59.5 Å². The monoisotopic (exact) mass is 417 g/mol. The van der Waals surface area contributed by atoms with Gasteiger partial charge in [0.05, 0.1) is 15.5 Å². The number of anilines is 1. The zero-order valence-corrected chi connectivity index (χ0v) is 16.9. The van der Waals surface area contributed by atoms with Crippen molar-refractivity contribution in [1.82, 2.24) is 0 Å². The second-order valence-electron chi connectivity index (χ2n) is 6.25. The van der Waals surface area contributed by atoms with Crippen LogP contribution in [0.1, 0.15) is 22.2 Å². The maximum absolute atomic E-state index is 13.1. The highest BCUT2D eigenvalue weighted by molar-refractivity contribution is 7.91. The minimum absolute atomic E-state index is 0.114. The highest BCUT2D eigenvalue weighted by Crippen LogP contribution is 2.44. The molecule has 3 aromatic rings. The summed E-state index contributed by atoms with van der Waals surface area (Å²) in [5.74, 6) is -0.243. The molecule has 0 fully saturated rings. The van der Waals surface area contributed by atoms with Crippen molar-refractivity contribution in [2.45, 2.75) is 17.6 Å². The molecule has 27 heavy (non-hydrogen) atoms. The van der Waals surface area contributed by atoms with E-state index in [-0.39, 0.29) is 16.6 Å². The fourth-order valence-electron chi connectivity index (χ4n) is 3.28. The summed E-state index contributed by atoms with van der Waals surface area (Å²) in [6.07, 6.45) is 0. The molecule has 1 amide bonds. The Balaban J connectivity index is 1.79. The molecule has 0 bridgehead atoms. The highest BCUT2D eigenvalue weighted by atomic mass is 35.5. The van der Waals surface area contributed by atoms with Crippen LogP contribution in [-0.2, 0) is 15.6 Å². The number of carbonyl (C=O) groups is 1. The summed E-state index contributed by atoms with van der Waals surface area (Å²) in [4.78, 5) is 16.4. The molecule has 0 saturated heterocycles. The Morgan fingerprint density at radius 3 is 2.59 bits per heavy atom. The van der Waals surface area contributed by atoms with E-state index >= 15 is 0 Å². The molecule has 0 atom stereocenters. The van der Waals surface area contributed by atoms with Gasteiger partial charge in [-0.3, -0.25) is 4.79 Å². The number of hydrogen-bond acceptors (Lipinski definition) is 4. The molecule has 0 saturated carbocycles. The van der Waals surface area contributed by atoms with Crippen molar-refractivity contribution in [1.29, 1.82) is 0 Å². The van der Waals surface area contributed by atoms with Gasteiger partial charge in [-0.15, -0.1) is 11.3 Å². The van der Waals surface area contributed by atoms with Crippen LogP contribution in [0.25, 0.3) is 10.4 Å². The lowest BCUT2D eigenvalue weighted by Crippen LogP contribution is -2.29. The molecule has 2 heterocycles. The van der Waals surface area contributed by atoms with Gasteiger partial charge in [0, 0.05) is 27.7 Å². The summed E-state index contributed by atoms with van der Waals surface area (Å²) in [7, 11) is -3.47. The minimum atomic E-state index is -3.47. The summed E-state index contributed by atoms with van der Waals surface area (Å²) in [6.45, 7) is 2.44. The van der Waals surface area contributed by atoms with Crippen LogP contribution >= 0.6 is 22.9 Å². The number of nitrogens with zero attached hydrogens (tertiary/aromatic N) is 1. The molecule has 1 aromatic heterocycles. The van der Waals surface area contributed by atoms with E-state index in [1.54, 1.807) is 23.1 Å². The van der Waals surface area contributed by atoms with Crippen molar-refractivity contribution >= 4 is 44.4 Å². The highest BCUT2D eigenvalue weighted by Gasteiger charge is 2.31. The number of amides is 1. The molecule has 1 aliphatic heterocycles. The van der Waals surface area contributed by atoms with Crippen LogP contribution < -0.4 is 4.90 Å². The van der Waals surface area contributed by atoms with Crippen molar-refractivity contribution in [2.75, 3.05) is 11.4 Å². The first-order chi connectivity index (χ1) is 12.9. The number of sulfone groups is 1. The van der Waals surface area contributed by atoms with Gasteiger partial charge in [-0.1, -0.05) is 35.9 Å². The Bertz CT molecular complexity index is 1140. The first-order valence-corrected chi connectivity index (χ1v) is 11.3. The van der Waals surface area contributed by atoms with Crippen LogP contribution in [0.2, 0.25) is 5.02 Å². The minimum Gasteiger partial charge on any atom is -0.308 e. The lowest BCUT2D eigenvalue weighted by molar-refractivity contribution is 0.0992. The van der Waals surface area contributed by atoms with Crippen LogP contribution in [0, 0.1) is 0 Å². The third-order valence-electron chi connectivity index (χ3n) is 4.52. The smallest absolute Gasteiger partial charge is 0.268 e. The Labute approximate surface area is 166 Å². The summed E-state index contributed by atoms with van der Waals surface area (Å²) >= 11 is 7.33. The number of benzene rings is 2. The lowest BCUT2D eigenvalue weighted by atomic mass is 10.1. The first kappa shape index (κ1) is 18.2. The average Bonchev–Trinajstić information content (AvgIpc) is 3.06. The van der Waals surface area contributed by atoms with Gasteiger partial charge in [0.1, 0.15) is 0 Å². The lowest BCUT2D eigenvalue weighted by Gasteiger charge is -2.20. The number of carbonyl (C=O) groups excluding carboxylic acids is 1. The largest absolute Gasteiger partial charge is 0.308 e. The van der Waals surface area contributed by atoms with Gasteiger partial charge in [-0.05, 0) is 42.8 Å². The van der Waals surface area contributed by atoms with Gasteiger partial charge in [0.15, 0.2) is 9.84 Å². The zero-order chi connectivity index (χ0) is 19.2. The fraction of sp³-hybridized carbons (Fsp3) is 0.150. The second kappa shape index (κ2) is 6.78. The number of halogens is 1. The van der Waals surface area contributed by atoms with Gasteiger partial charge in [-0.2, -0.15) is 0 Å². The van der Waals surface area contributed by atoms with Crippen molar-refractivity contribution in [3.8, 4) is 10.4 Å².